The molecule has 0 unspecified atom stereocenters. The van der Waals surface area contributed by atoms with Gasteiger partial charge in [0.25, 0.3) is 0 Å². The van der Waals surface area contributed by atoms with E-state index in [1.807, 2.05) is 19.1 Å². The first-order valence-electron chi connectivity index (χ1n) is 9.67. The fourth-order valence-corrected chi connectivity index (χ4v) is 3.24. The molecule has 2 aromatic rings. The number of aryl methyl sites for hydroxylation is 2. The molecule has 0 aromatic heterocycles. The highest BCUT2D eigenvalue weighted by Gasteiger charge is 2.35. The molecule has 0 heterocycles. The summed E-state index contributed by atoms with van der Waals surface area (Å²) in [7, 11) is 0. The molecule has 30 heavy (non-hydrogen) atoms. The lowest BCUT2D eigenvalue weighted by Gasteiger charge is -2.24. The Morgan fingerprint density at radius 1 is 1.07 bits per heavy atom. The third-order valence-electron chi connectivity index (χ3n) is 5.12. The fraction of sp³-hybridized carbons (Fsp3) is 0.455. The van der Waals surface area contributed by atoms with Crippen molar-refractivity contribution in [1.29, 1.82) is 0 Å². The van der Waals surface area contributed by atoms with Gasteiger partial charge in [0, 0.05) is 5.02 Å². The third kappa shape index (κ3) is 6.60. The Bertz CT molecular complexity index is 839. The molecule has 0 aliphatic rings. The van der Waals surface area contributed by atoms with E-state index in [1.165, 1.54) is 6.07 Å². The molecule has 8 heteroatoms. The number of halogens is 4. The quantitative estimate of drug-likeness (QED) is 0.477. The van der Waals surface area contributed by atoms with Crippen molar-refractivity contribution in [2.75, 3.05) is 19.8 Å². The van der Waals surface area contributed by atoms with Crippen LogP contribution in [0.15, 0.2) is 36.4 Å². The number of hydrogen-bond acceptors (Lipinski definition) is 4. The number of aliphatic hydroxyl groups is 2. The monoisotopic (exact) mass is 445 g/mol. The zero-order valence-electron chi connectivity index (χ0n) is 16.8. The molecule has 2 rings (SSSR count). The van der Waals surface area contributed by atoms with Gasteiger partial charge in [0.1, 0.15) is 5.75 Å². The van der Waals surface area contributed by atoms with Crippen LogP contribution in [0.3, 0.4) is 0 Å². The topological polar surface area (TPSA) is 75.7 Å². The standard InChI is InChI=1S/C22H27ClF3NO3/c1-15-17(4-2-6-19(15)23)5-3-11-30-20-8-7-16(12-18(20)22(24,25)26)9-10-21(27,13-28)14-29/h2,4,6-8,12,28-29H,3,5,9-11,13-14,27H2,1H3. The average molecular weight is 446 g/mol. The number of nitrogens with two attached hydrogens (primary N) is 1. The lowest BCUT2D eigenvalue weighted by Crippen LogP contribution is -2.47. The molecule has 0 spiro atoms. The Balaban J connectivity index is 2.03. The van der Waals surface area contributed by atoms with Gasteiger partial charge in [-0.25, -0.2) is 0 Å². The maximum Gasteiger partial charge on any atom is 0.419 e. The number of aliphatic hydroxyl groups excluding tert-OH is 2. The maximum absolute atomic E-state index is 13.5. The van der Waals surface area contributed by atoms with E-state index in [9.17, 15) is 23.4 Å². The first-order chi connectivity index (χ1) is 14.1. The van der Waals surface area contributed by atoms with Crippen LogP contribution >= 0.6 is 11.6 Å². The van der Waals surface area contributed by atoms with Crippen molar-refractivity contribution in [3.8, 4) is 5.75 Å². The van der Waals surface area contributed by atoms with Gasteiger partial charge in [0.05, 0.1) is 30.9 Å². The van der Waals surface area contributed by atoms with Gasteiger partial charge in [-0.1, -0.05) is 29.8 Å². The summed E-state index contributed by atoms with van der Waals surface area (Å²) in [6.45, 7) is 1.13. The highest BCUT2D eigenvalue weighted by molar-refractivity contribution is 6.31. The number of benzene rings is 2. The summed E-state index contributed by atoms with van der Waals surface area (Å²) in [6, 6.07) is 9.46. The van der Waals surface area contributed by atoms with E-state index < -0.39 is 30.5 Å². The van der Waals surface area contributed by atoms with Crippen molar-refractivity contribution in [2.24, 2.45) is 5.73 Å². The summed E-state index contributed by atoms with van der Waals surface area (Å²) in [5, 5.41) is 19.1. The van der Waals surface area contributed by atoms with Crippen molar-refractivity contribution < 1.29 is 28.1 Å². The van der Waals surface area contributed by atoms with Gasteiger partial charge in [-0.05, 0) is 67.5 Å². The van der Waals surface area contributed by atoms with Gasteiger partial charge in [-0.2, -0.15) is 13.2 Å². The number of rotatable bonds is 10. The fourth-order valence-electron chi connectivity index (χ4n) is 3.05. The minimum atomic E-state index is -4.57. The molecule has 0 aliphatic carbocycles. The highest BCUT2D eigenvalue weighted by Crippen LogP contribution is 2.37. The molecule has 4 nitrogen and oxygen atoms in total. The van der Waals surface area contributed by atoms with Crippen molar-refractivity contribution in [2.45, 2.75) is 44.3 Å². The average Bonchev–Trinajstić information content (AvgIpc) is 2.72. The molecular weight excluding hydrogens is 419 g/mol. The lowest BCUT2D eigenvalue weighted by molar-refractivity contribution is -0.139. The van der Waals surface area contributed by atoms with E-state index in [4.69, 9.17) is 22.1 Å². The van der Waals surface area contributed by atoms with Crippen LogP contribution in [-0.2, 0) is 19.0 Å². The second-order valence-electron chi connectivity index (χ2n) is 7.48. The summed E-state index contributed by atoms with van der Waals surface area (Å²) in [5.74, 6) is -0.225. The van der Waals surface area contributed by atoms with Crippen LogP contribution in [0, 0.1) is 6.92 Å². The SMILES string of the molecule is Cc1c(Cl)cccc1CCCOc1ccc(CCC(N)(CO)CO)cc1C(F)(F)F. The van der Waals surface area contributed by atoms with Crippen molar-refractivity contribution in [1.82, 2.24) is 0 Å². The molecular formula is C22H27ClF3NO3. The number of alkyl halides is 3. The second kappa shape index (κ2) is 10.5. The molecule has 0 amide bonds. The molecule has 4 N–H and O–H groups in total. The van der Waals surface area contributed by atoms with Crippen LogP contribution in [0.5, 0.6) is 5.75 Å². The van der Waals surface area contributed by atoms with Gasteiger partial charge in [-0.15, -0.1) is 0 Å². The summed E-state index contributed by atoms with van der Waals surface area (Å²) in [5.41, 5.74) is 6.11. The predicted molar refractivity (Wildman–Crippen MR) is 111 cm³/mol. The minimum Gasteiger partial charge on any atom is -0.493 e. The van der Waals surface area contributed by atoms with Gasteiger partial charge in [0.2, 0.25) is 0 Å². The van der Waals surface area contributed by atoms with Crippen LogP contribution in [-0.4, -0.2) is 35.6 Å². The maximum atomic E-state index is 13.5. The molecule has 166 valence electrons. The van der Waals surface area contributed by atoms with Crippen molar-refractivity contribution in [3.05, 3.63) is 63.7 Å². The molecule has 0 saturated carbocycles. The van der Waals surface area contributed by atoms with E-state index in [0.717, 1.165) is 17.2 Å². The highest BCUT2D eigenvalue weighted by atomic mass is 35.5. The van der Waals surface area contributed by atoms with Gasteiger partial charge >= 0.3 is 6.18 Å². The van der Waals surface area contributed by atoms with Crippen LogP contribution in [0.25, 0.3) is 0 Å². The normalized spacial score (nSPS) is 12.3. The van der Waals surface area contributed by atoms with Crippen molar-refractivity contribution in [3.63, 3.8) is 0 Å². The molecule has 0 atom stereocenters. The zero-order valence-corrected chi connectivity index (χ0v) is 17.6. The number of hydrogen-bond donors (Lipinski definition) is 3. The Morgan fingerprint density at radius 2 is 1.77 bits per heavy atom. The van der Waals surface area contributed by atoms with Gasteiger partial charge in [0.15, 0.2) is 0 Å². The Kier molecular flexibility index (Phi) is 8.55. The van der Waals surface area contributed by atoms with E-state index >= 15 is 0 Å². The molecule has 0 aliphatic heterocycles. The first-order valence-corrected chi connectivity index (χ1v) is 10.0. The van der Waals surface area contributed by atoms with Crippen LogP contribution in [0.1, 0.15) is 35.1 Å². The molecule has 2 aromatic carbocycles. The molecule has 0 bridgehead atoms. The van der Waals surface area contributed by atoms with Gasteiger partial charge in [-0.3, -0.25) is 0 Å². The summed E-state index contributed by atoms with van der Waals surface area (Å²) >= 11 is 6.09. The molecule has 0 saturated heterocycles. The minimum absolute atomic E-state index is 0.134. The summed E-state index contributed by atoms with van der Waals surface area (Å²) in [4.78, 5) is 0. The van der Waals surface area contributed by atoms with E-state index in [-0.39, 0.29) is 25.2 Å². The lowest BCUT2D eigenvalue weighted by atomic mass is 9.93. The van der Waals surface area contributed by atoms with Crippen LogP contribution in [0.2, 0.25) is 5.02 Å². The van der Waals surface area contributed by atoms with Crippen LogP contribution < -0.4 is 10.5 Å². The Labute approximate surface area is 179 Å². The van der Waals surface area contributed by atoms with Gasteiger partial charge < -0.3 is 20.7 Å². The van der Waals surface area contributed by atoms with E-state index in [1.54, 1.807) is 12.1 Å². The Morgan fingerprint density at radius 3 is 2.40 bits per heavy atom. The Hall–Kier alpha value is -1.80. The number of ether oxygens (including phenoxy) is 1. The summed E-state index contributed by atoms with van der Waals surface area (Å²) in [6.07, 6.45) is -3.04. The zero-order chi connectivity index (χ0) is 22.4. The van der Waals surface area contributed by atoms with E-state index in [0.29, 0.717) is 23.4 Å². The predicted octanol–water partition coefficient (Wildman–Crippen LogP) is 4.29. The van der Waals surface area contributed by atoms with Crippen molar-refractivity contribution >= 4 is 11.6 Å². The van der Waals surface area contributed by atoms with E-state index in [2.05, 4.69) is 0 Å². The van der Waals surface area contributed by atoms with Crippen LogP contribution in [0.4, 0.5) is 13.2 Å². The third-order valence-corrected chi connectivity index (χ3v) is 5.53. The second-order valence-corrected chi connectivity index (χ2v) is 7.89. The molecule has 0 radical (unpaired) electrons. The largest absolute Gasteiger partial charge is 0.493 e. The smallest absolute Gasteiger partial charge is 0.419 e. The molecule has 0 fully saturated rings. The summed E-state index contributed by atoms with van der Waals surface area (Å²) < 4.78 is 46.0. The first kappa shape index (κ1) is 24.5.